The standard InChI is InChI=1S/C14H8F3NOS/c15-11-1-2-14(13(17)6-11)20(19)8-10-3-9(7-18)4-12(16)5-10/h1-6H,8H2. The van der Waals surface area contributed by atoms with Gasteiger partial charge < -0.3 is 0 Å². The first-order valence-corrected chi connectivity index (χ1v) is 6.84. The van der Waals surface area contributed by atoms with Crippen LogP contribution in [0.1, 0.15) is 11.1 Å². The Morgan fingerprint density at radius 3 is 2.45 bits per heavy atom. The van der Waals surface area contributed by atoms with E-state index < -0.39 is 28.3 Å². The van der Waals surface area contributed by atoms with Crippen LogP contribution in [0.5, 0.6) is 0 Å². The van der Waals surface area contributed by atoms with Crippen LogP contribution in [-0.4, -0.2) is 4.21 Å². The van der Waals surface area contributed by atoms with Crippen LogP contribution in [0.2, 0.25) is 0 Å². The minimum atomic E-state index is -1.79. The molecule has 20 heavy (non-hydrogen) atoms. The summed E-state index contributed by atoms with van der Waals surface area (Å²) in [6, 6.07) is 8.06. The molecule has 0 fully saturated rings. The third-order valence-electron chi connectivity index (χ3n) is 2.52. The summed E-state index contributed by atoms with van der Waals surface area (Å²) in [6.07, 6.45) is 0. The molecule has 6 heteroatoms. The molecule has 0 aliphatic heterocycles. The number of nitriles is 1. The van der Waals surface area contributed by atoms with Crippen LogP contribution in [0.4, 0.5) is 13.2 Å². The number of nitrogens with zero attached hydrogens (tertiary/aromatic N) is 1. The first kappa shape index (κ1) is 14.3. The first-order chi connectivity index (χ1) is 9.49. The maximum Gasteiger partial charge on any atom is 0.142 e. The Morgan fingerprint density at radius 2 is 1.80 bits per heavy atom. The first-order valence-electron chi connectivity index (χ1n) is 5.52. The van der Waals surface area contributed by atoms with Gasteiger partial charge in [0.1, 0.15) is 17.5 Å². The molecule has 0 aromatic heterocycles. The highest BCUT2D eigenvalue weighted by Crippen LogP contribution is 2.18. The van der Waals surface area contributed by atoms with E-state index in [1.54, 1.807) is 6.07 Å². The van der Waals surface area contributed by atoms with E-state index in [4.69, 9.17) is 5.26 Å². The minimum Gasteiger partial charge on any atom is -0.254 e. The number of hydrogen-bond donors (Lipinski definition) is 0. The fourth-order valence-corrected chi connectivity index (χ4v) is 2.81. The summed E-state index contributed by atoms with van der Waals surface area (Å²) < 4.78 is 51.5. The summed E-state index contributed by atoms with van der Waals surface area (Å²) in [4.78, 5) is -0.158. The molecule has 0 saturated carbocycles. The fraction of sp³-hybridized carbons (Fsp3) is 0.0714. The van der Waals surface area contributed by atoms with Crippen molar-refractivity contribution < 1.29 is 17.4 Å². The summed E-state index contributed by atoms with van der Waals surface area (Å²) in [5, 5.41) is 8.72. The van der Waals surface area contributed by atoms with Gasteiger partial charge in [-0.05, 0) is 35.9 Å². The lowest BCUT2D eigenvalue weighted by Gasteiger charge is -2.05. The Kier molecular flexibility index (Phi) is 4.20. The molecule has 2 aromatic carbocycles. The SMILES string of the molecule is N#Cc1cc(F)cc(CS(=O)c2ccc(F)cc2F)c1. The summed E-state index contributed by atoms with van der Waals surface area (Å²) in [6.45, 7) is 0. The zero-order valence-electron chi connectivity index (χ0n) is 10.1. The summed E-state index contributed by atoms with van der Waals surface area (Å²) in [5.74, 6) is -2.47. The van der Waals surface area contributed by atoms with Crippen molar-refractivity contribution in [1.29, 1.82) is 5.26 Å². The second-order valence-electron chi connectivity index (χ2n) is 4.02. The van der Waals surface area contributed by atoms with Gasteiger partial charge in [0, 0.05) is 6.07 Å². The van der Waals surface area contributed by atoms with Gasteiger partial charge in [-0.3, -0.25) is 4.21 Å². The van der Waals surface area contributed by atoms with Crippen LogP contribution in [0.3, 0.4) is 0 Å². The largest absolute Gasteiger partial charge is 0.254 e. The fourth-order valence-electron chi connectivity index (χ4n) is 1.69. The Morgan fingerprint density at radius 1 is 1.05 bits per heavy atom. The molecule has 0 spiro atoms. The Labute approximate surface area is 115 Å². The van der Waals surface area contributed by atoms with E-state index in [1.165, 1.54) is 6.07 Å². The maximum atomic E-state index is 13.5. The summed E-state index contributed by atoms with van der Waals surface area (Å²) in [7, 11) is -1.79. The van der Waals surface area contributed by atoms with E-state index in [2.05, 4.69) is 0 Å². The third kappa shape index (κ3) is 3.25. The highest BCUT2D eigenvalue weighted by Gasteiger charge is 2.12. The Hall–Kier alpha value is -2.13. The lowest BCUT2D eigenvalue weighted by Crippen LogP contribution is -2.01. The highest BCUT2D eigenvalue weighted by molar-refractivity contribution is 7.84. The van der Waals surface area contributed by atoms with Crippen LogP contribution in [0.15, 0.2) is 41.3 Å². The van der Waals surface area contributed by atoms with Crippen molar-refractivity contribution in [2.45, 2.75) is 10.6 Å². The number of benzene rings is 2. The molecule has 2 nitrogen and oxygen atoms in total. The van der Waals surface area contributed by atoms with Gasteiger partial charge in [-0.15, -0.1) is 0 Å². The molecule has 0 saturated heterocycles. The van der Waals surface area contributed by atoms with Crippen LogP contribution in [0, 0.1) is 28.8 Å². The minimum absolute atomic E-state index is 0.0941. The predicted octanol–water partition coefficient (Wildman–Crippen LogP) is 3.28. The molecule has 0 amide bonds. The molecule has 0 bridgehead atoms. The molecule has 0 radical (unpaired) electrons. The van der Waals surface area contributed by atoms with Gasteiger partial charge in [0.15, 0.2) is 0 Å². The molecule has 0 aliphatic carbocycles. The molecule has 0 N–H and O–H groups in total. The van der Waals surface area contributed by atoms with E-state index in [9.17, 15) is 17.4 Å². The Bertz CT molecular complexity index is 725. The van der Waals surface area contributed by atoms with Crippen molar-refractivity contribution in [2.75, 3.05) is 0 Å². The molecule has 1 unspecified atom stereocenters. The second kappa shape index (κ2) is 5.88. The molecule has 1 atom stereocenters. The van der Waals surface area contributed by atoms with E-state index in [-0.39, 0.29) is 16.2 Å². The van der Waals surface area contributed by atoms with E-state index in [0.717, 1.165) is 24.3 Å². The smallest absolute Gasteiger partial charge is 0.142 e. The second-order valence-corrected chi connectivity index (χ2v) is 5.44. The van der Waals surface area contributed by atoms with Crippen LogP contribution in [0.25, 0.3) is 0 Å². The van der Waals surface area contributed by atoms with Gasteiger partial charge in [-0.2, -0.15) is 5.26 Å². The molecule has 0 heterocycles. The molecule has 2 rings (SSSR count). The van der Waals surface area contributed by atoms with Gasteiger partial charge in [0.05, 0.1) is 33.1 Å². The average Bonchev–Trinajstić information content (AvgIpc) is 2.37. The lowest BCUT2D eigenvalue weighted by molar-refractivity contribution is 0.562. The molecule has 0 aliphatic rings. The molecular formula is C14H8F3NOS. The quantitative estimate of drug-likeness (QED) is 0.872. The zero-order chi connectivity index (χ0) is 14.7. The number of rotatable bonds is 3. The van der Waals surface area contributed by atoms with E-state index >= 15 is 0 Å². The Balaban J connectivity index is 2.28. The molecule has 2 aromatic rings. The topological polar surface area (TPSA) is 40.9 Å². The van der Waals surface area contributed by atoms with Crippen molar-refractivity contribution in [3.05, 3.63) is 65.0 Å². The van der Waals surface area contributed by atoms with E-state index in [1.807, 2.05) is 0 Å². The lowest BCUT2D eigenvalue weighted by atomic mass is 10.1. The van der Waals surface area contributed by atoms with Gasteiger partial charge >= 0.3 is 0 Å². The highest BCUT2D eigenvalue weighted by atomic mass is 32.2. The maximum absolute atomic E-state index is 13.5. The summed E-state index contributed by atoms with van der Waals surface area (Å²) >= 11 is 0. The van der Waals surface area contributed by atoms with Crippen molar-refractivity contribution in [3.63, 3.8) is 0 Å². The van der Waals surface area contributed by atoms with Crippen LogP contribution in [-0.2, 0) is 16.6 Å². The average molecular weight is 295 g/mol. The molecular weight excluding hydrogens is 287 g/mol. The van der Waals surface area contributed by atoms with Crippen LogP contribution < -0.4 is 0 Å². The number of halogens is 3. The van der Waals surface area contributed by atoms with E-state index in [0.29, 0.717) is 11.6 Å². The van der Waals surface area contributed by atoms with Crippen molar-refractivity contribution in [1.82, 2.24) is 0 Å². The van der Waals surface area contributed by atoms with Crippen molar-refractivity contribution >= 4 is 10.8 Å². The van der Waals surface area contributed by atoms with Crippen LogP contribution >= 0.6 is 0 Å². The zero-order valence-corrected chi connectivity index (χ0v) is 10.9. The normalized spacial score (nSPS) is 11.9. The van der Waals surface area contributed by atoms with Gasteiger partial charge in [0.2, 0.25) is 0 Å². The third-order valence-corrected chi connectivity index (χ3v) is 3.94. The van der Waals surface area contributed by atoms with Crippen molar-refractivity contribution in [2.24, 2.45) is 0 Å². The van der Waals surface area contributed by atoms with Gasteiger partial charge in [0.25, 0.3) is 0 Å². The monoisotopic (exact) mass is 295 g/mol. The predicted molar refractivity (Wildman–Crippen MR) is 67.6 cm³/mol. The van der Waals surface area contributed by atoms with Crippen molar-refractivity contribution in [3.8, 4) is 6.07 Å². The molecule has 102 valence electrons. The summed E-state index contributed by atoms with van der Waals surface area (Å²) in [5.41, 5.74) is 0.403. The van der Waals surface area contributed by atoms with Gasteiger partial charge in [-0.25, -0.2) is 13.2 Å². The number of hydrogen-bond acceptors (Lipinski definition) is 2. The van der Waals surface area contributed by atoms with Gasteiger partial charge in [-0.1, -0.05) is 0 Å².